The SMILES string of the molecule is COc1c(C)cc(C)cc1C(C)(CN)OC. The number of aryl methyl sites for hydroxylation is 2. The molecule has 0 spiro atoms. The van der Waals surface area contributed by atoms with Crippen LogP contribution in [-0.4, -0.2) is 20.8 Å². The molecule has 0 heterocycles. The average molecular weight is 223 g/mol. The van der Waals surface area contributed by atoms with Gasteiger partial charge in [0, 0.05) is 19.2 Å². The molecule has 0 amide bonds. The summed E-state index contributed by atoms with van der Waals surface area (Å²) in [7, 11) is 3.34. The lowest BCUT2D eigenvalue weighted by Crippen LogP contribution is -2.34. The largest absolute Gasteiger partial charge is 0.496 e. The molecular weight excluding hydrogens is 202 g/mol. The van der Waals surface area contributed by atoms with Crippen LogP contribution in [0.15, 0.2) is 12.1 Å². The molecule has 1 atom stereocenters. The van der Waals surface area contributed by atoms with E-state index >= 15 is 0 Å². The molecule has 0 aliphatic rings. The zero-order valence-corrected chi connectivity index (χ0v) is 10.8. The van der Waals surface area contributed by atoms with Gasteiger partial charge in [0.15, 0.2) is 0 Å². The van der Waals surface area contributed by atoms with Crippen LogP contribution in [0.4, 0.5) is 0 Å². The van der Waals surface area contributed by atoms with Gasteiger partial charge < -0.3 is 15.2 Å². The van der Waals surface area contributed by atoms with Crippen LogP contribution in [0.25, 0.3) is 0 Å². The quantitative estimate of drug-likeness (QED) is 0.850. The van der Waals surface area contributed by atoms with Crippen molar-refractivity contribution in [1.82, 2.24) is 0 Å². The van der Waals surface area contributed by atoms with Gasteiger partial charge in [-0.15, -0.1) is 0 Å². The zero-order chi connectivity index (χ0) is 12.3. The van der Waals surface area contributed by atoms with Gasteiger partial charge in [0.05, 0.1) is 7.11 Å². The minimum atomic E-state index is -0.498. The monoisotopic (exact) mass is 223 g/mol. The van der Waals surface area contributed by atoms with Crippen LogP contribution in [-0.2, 0) is 10.3 Å². The summed E-state index contributed by atoms with van der Waals surface area (Å²) in [6, 6.07) is 4.16. The maximum absolute atomic E-state index is 5.79. The van der Waals surface area contributed by atoms with Crippen LogP contribution < -0.4 is 10.5 Å². The molecular formula is C13H21NO2. The van der Waals surface area contributed by atoms with Gasteiger partial charge in [-0.1, -0.05) is 11.6 Å². The fourth-order valence-electron chi connectivity index (χ4n) is 1.92. The highest BCUT2D eigenvalue weighted by Crippen LogP contribution is 2.35. The van der Waals surface area contributed by atoms with Gasteiger partial charge in [-0.2, -0.15) is 0 Å². The first-order chi connectivity index (χ1) is 7.48. The van der Waals surface area contributed by atoms with Crippen molar-refractivity contribution < 1.29 is 9.47 Å². The van der Waals surface area contributed by atoms with E-state index < -0.39 is 5.60 Å². The number of benzene rings is 1. The van der Waals surface area contributed by atoms with Gasteiger partial charge >= 0.3 is 0 Å². The van der Waals surface area contributed by atoms with Gasteiger partial charge in [-0.3, -0.25) is 0 Å². The van der Waals surface area contributed by atoms with E-state index in [2.05, 4.69) is 19.1 Å². The van der Waals surface area contributed by atoms with Gasteiger partial charge in [0.25, 0.3) is 0 Å². The minimum Gasteiger partial charge on any atom is -0.496 e. The molecule has 3 heteroatoms. The summed E-state index contributed by atoms with van der Waals surface area (Å²) >= 11 is 0. The van der Waals surface area contributed by atoms with Crippen molar-refractivity contribution in [3.05, 3.63) is 28.8 Å². The predicted molar refractivity (Wildman–Crippen MR) is 65.9 cm³/mol. The fraction of sp³-hybridized carbons (Fsp3) is 0.538. The van der Waals surface area contributed by atoms with E-state index in [0.29, 0.717) is 6.54 Å². The lowest BCUT2D eigenvalue weighted by Gasteiger charge is -2.29. The van der Waals surface area contributed by atoms with Crippen molar-refractivity contribution in [1.29, 1.82) is 0 Å². The third kappa shape index (κ3) is 2.20. The third-order valence-corrected chi connectivity index (χ3v) is 3.03. The van der Waals surface area contributed by atoms with Crippen molar-refractivity contribution in [3.63, 3.8) is 0 Å². The highest BCUT2D eigenvalue weighted by atomic mass is 16.5. The lowest BCUT2D eigenvalue weighted by molar-refractivity contribution is 0.00810. The van der Waals surface area contributed by atoms with Crippen LogP contribution in [0, 0.1) is 13.8 Å². The van der Waals surface area contributed by atoms with E-state index in [1.807, 2.05) is 13.8 Å². The molecule has 0 radical (unpaired) electrons. The zero-order valence-electron chi connectivity index (χ0n) is 10.8. The average Bonchev–Trinajstić information content (AvgIpc) is 2.27. The Morgan fingerprint density at radius 1 is 1.25 bits per heavy atom. The van der Waals surface area contributed by atoms with Crippen molar-refractivity contribution in [3.8, 4) is 5.75 Å². The molecule has 1 aromatic rings. The van der Waals surface area contributed by atoms with Gasteiger partial charge in [-0.05, 0) is 32.4 Å². The molecule has 0 bridgehead atoms. The summed E-state index contributed by atoms with van der Waals surface area (Å²) in [5.41, 5.74) is 8.60. The second-order valence-corrected chi connectivity index (χ2v) is 4.30. The van der Waals surface area contributed by atoms with Gasteiger partial charge in [0.2, 0.25) is 0 Å². The van der Waals surface area contributed by atoms with E-state index in [9.17, 15) is 0 Å². The highest BCUT2D eigenvalue weighted by Gasteiger charge is 2.29. The predicted octanol–water partition coefficient (Wildman–Crippen LogP) is 2.13. The summed E-state index contributed by atoms with van der Waals surface area (Å²) in [5, 5.41) is 0. The number of rotatable bonds is 4. The molecule has 0 aliphatic heterocycles. The molecule has 1 rings (SSSR count). The third-order valence-electron chi connectivity index (χ3n) is 3.03. The van der Waals surface area contributed by atoms with Gasteiger partial charge in [-0.25, -0.2) is 0 Å². The maximum atomic E-state index is 5.79. The Morgan fingerprint density at radius 2 is 1.88 bits per heavy atom. The maximum Gasteiger partial charge on any atom is 0.127 e. The lowest BCUT2D eigenvalue weighted by atomic mass is 9.91. The molecule has 0 saturated heterocycles. The smallest absolute Gasteiger partial charge is 0.127 e. The Balaban J connectivity index is 3.41. The van der Waals surface area contributed by atoms with Crippen LogP contribution in [0.2, 0.25) is 0 Å². The summed E-state index contributed by atoms with van der Waals surface area (Å²) in [5.74, 6) is 0.861. The minimum absolute atomic E-state index is 0.419. The topological polar surface area (TPSA) is 44.5 Å². The Hall–Kier alpha value is -1.06. The van der Waals surface area contributed by atoms with E-state index in [1.54, 1.807) is 14.2 Å². The molecule has 0 saturated carbocycles. The summed E-state index contributed by atoms with van der Waals surface area (Å²) < 4.78 is 11.0. The Bertz CT molecular complexity index is 370. The first kappa shape index (κ1) is 13.0. The number of hydrogen-bond donors (Lipinski definition) is 1. The molecule has 0 aliphatic carbocycles. The first-order valence-electron chi connectivity index (χ1n) is 5.39. The second kappa shape index (κ2) is 4.85. The van der Waals surface area contributed by atoms with E-state index in [4.69, 9.17) is 15.2 Å². The summed E-state index contributed by atoms with van der Waals surface area (Å²) in [6.45, 7) is 6.48. The number of methoxy groups -OCH3 is 2. The van der Waals surface area contributed by atoms with Crippen molar-refractivity contribution in [2.45, 2.75) is 26.4 Å². The Labute approximate surface area is 97.6 Å². The van der Waals surface area contributed by atoms with E-state index in [1.165, 1.54) is 5.56 Å². The van der Waals surface area contributed by atoms with Crippen LogP contribution in [0.1, 0.15) is 23.6 Å². The molecule has 1 aromatic carbocycles. The Kier molecular flexibility index (Phi) is 3.94. The molecule has 16 heavy (non-hydrogen) atoms. The van der Waals surface area contributed by atoms with Crippen molar-refractivity contribution in [2.24, 2.45) is 5.73 Å². The molecule has 90 valence electrons. The summed E-state index contributed by atoms with van der Waals surface area (Å²) in [4.78, 5) is 0. The Morgan fingerprint density at radius 3 is 2.31 bits per heavy atom. The number of hydrogen-bond acceptors (Lipinski definition) is 3. The van der Waals surface area contributed by atoms with Crippen LogP contribution >= 0.6 is 0 Å². The first-order valence-corrected chi connectivity index (χ1v) is 5.39. The normalized spacial score (nSPS) is 14.6. The molecule has 0 aromatic heterocycles. The molecule has 3 nitrogen and oxygen atoms in total. The standard InChI is InChI=1S/C13H21NO2/c1-9-6-10(2)12(15-4)11(7-9)13(3,8-14)16-5/h6-7H,8,14H2,1-5H3. The van der Waals surface area contributed by atoms with Crippen molar-refractivity contribution >= 4 is 0 Å². The number of nitrogens with two attached hydrogens (primary N) is 1. The van der Waals surface area contributed by atoms with E-state index in [0.717, 1.165) is 16.9 Å². The van der Waals surface area contributed by atoms with Crippen molar-refractivity contribution in [2.75, 3.05) is 20.8 Å². The fourth-order valence-corrected chi connectivity index (χ4v) is 1.92. The second-order valence-electron chi connectivity index (χ2n) is 4.30. The van der Waals surface area contributed by atoms with Crippen LogP contribution in [0.3, 0.4) is 0 Å². The highest BCUT2D eigenvalue weighted by molar-refractivity contribution is 5.47. The van der Waals surface area contributed by atoms with Gasteiger partial charge in [0.1, 0.15) is 11.4 Å². The number of ether oxygens (including phenoxy) is 2. The van der Waals surface area contributed by atoms with Crippen LogP contribution in [0.5, 0.6) is 5.75 Å². The molecule has 1 unspecified atom stereocenters. The summed E-state index contributed by atoms with van der Waals surface area (Å²) in [6.07, 6.45) is 0. The molecule has 2 N–H and O–H groups in total. The molecule has 0 fully saturated rings. The van der Waals surface area contributed by atoms with E-state index in [-0.39, 0.29) is 0 Å².